The Kier molecular flexibility index (Phi) is 5.35. The van der Waals surface area contributed by atoms with Crippen molar-refractivity contribution >= 4 is 23.5 Å². The van der Waals surface area contributed by atoms with Crippen molar-refractivity contribution in [1.82, 2.24) is 15.3 Å². The number of carbonyl (C=O) groups excluding carboxylic acids is 2. The molecule has 92 valence electrons. The summed E-state index contributed by atoms with van der Waals surface area (Å²) in [5, 5.41) is 2.76. The van der Waals surface area contributed by atoms with Gasteiger partial charge in [0.15, 0.2) is 0 Å². The Hall–Kier alpha value is -1.69. The van der Waals surface area contributed by atoms with Crippen LogP contribution in [0, 0.1) is 0 Å². The van der Waals surface area contributed by atoms with E-state index in [4.69, 9.17) is 11.6 Å². The van der Waals surface area contributed by atoms with Gasteiger partial charge in [-0.1, -0.05) is 11.6 Å². The molecule has 17 heavy (non-hydrogen) atoms. The molecule has 7 heteroatoms. The predicted octanol–water partition coefficient (Wildman–Crippen LogP) is 0.813. The fraction of sp³-hybridized carbons (Fsp3) is 0.400. The van der Waals surface area contributed by atoms with E-state index in [1.54, 1.807) is 0 Å². The first kappa shape index (κ1) is 13.4. The third-order valence-electron chi connectivity index (χ3n) is 1.91. The molecule has 1 heterocycles. The number of halogens is 1. The zero-order valence-corrected chi connectivity index (χ0v) is 10.0. The second kappa shape index (κ2) is 6.80. The Morgan fingerprint density at radius 3 is 2.88 bits per heavy atom. The Labute approximate surface area is 103 Å². The minimum Gasteiger partial charge on any atom is -0.469 e. The molecule has 0 saturated carbocycles. The number of nitrogens with one attached hydrogen (secondary N) is 1. The van der Waals surface area contributed by atoms with Crippen molar-refractivity contribution in [2.75, 3.05) is 13.7 Å². The molecule has 0 saturated heterocycles. The summed E-state index contributed by atoms with van der Waals surface area (Å²) in [5.74, 6) is -0.674. The van der Waals surface area contributed by atoms with Crippen LogP contribution in [0.25, 0.3) is 0 Å². The van der Waals surface area contributed by atoms with Crippen LogP contribution in [0.2, 0.25) is 5.15 Å². The Bertz CT molecular complexity index is 412. The number of aromatic nitrogens is 2. The first-order chi connectivity index (χ1) is 8.13. The molecule has 0 bridgehead atoms. The van der Waals surface area contributed by atoms with E-state index in [2.05, 4.69) is 20.0 Å². The van der Waals surface area contributed by atoms with E-state index in [-0.39, 0.29) is 29.1 Å². The largest absolute Gasteiger partial charge is 0.469 e. The van der Waals surface area contributed by atoms with Crippen molar-refractivity contribution in [3.05, 3.63) is 23.2 Å². The van der Waals surface area contributed by atoms with E-state index in [9.17, 15) is 9.59 Å². The van der Waals surface area contributed by atoms with Gasteiger partial charge < -0.3 is 10.1 Å². The summed E-state index contributed by atoms with van der Waals surface area (Å²) in [4.78, 5) is 29.9. The molecule has 0 atom stereocenters. The van der Waals surface area contributed by atoms with Gasteiger partial charge in [-0.3, -0.25) is 14.6 Å². The molecule has 1 amide bonds. The number of amides is 1. The predicted molar refractivity (Wildman–Crippen MR) is 60.6 cm³/mol. The maximum absolute atomic E-state index is 11.5. The number of ether oxygens (including phenoxy) is 1. The van der Waals surface area contributed by atoms with E-state index in [0.717, 1.165) is 0 Å². The lowest BCUT2D eigenvalue weighted by Crippen LogP contribution is -2.26. The molecule has 0 unspecified atom stereocenters. The number of rotatable bonds is 5. The summed E-state index contributed by atoms with van der Waals surface area (Å²) in [7, 11) is 1.32. The molecule has 0 aliphatic carbocycles. The van der Waals surface area contributed by atoms with Gasteiger partial charge in [-0.15, -0.1) is 0 Å². The smallest absolute Gasteiger partial charge is 0.305 e. The van der Waals surface area contributed by atoms with Gasteiger partial charge in [0.2, 0.25) is 0 Å². The van der Waals surface area contributed by atoms with Crippen molar-refractivity contribution < 1.29 is 14.3 Å². The van der Waals surface area contributed by atoms with Crippen molar-refractivity contribution in [3.8, 4) is 0 Å². The molecule has 0 aliphatic rings. The summed E-state index contributed by atoms with van der Waals surface area (Å²) in [6.45, 7) is 0.363. The van der Waals surface area contributed by atoms with Crippen LogP contribution in [0.1, 0.15) is 23.3 Å². The number of methoxy groups -OCH3 is 1. The molecule has 1 rings (SSSR count). The van der Waals surface area contributed by atoms with Crippen LogP contribution in [0.15, 0.2) is 12.4 Å². The fourth-order valence-corrected chi connectivity index (χ4v) is 1.23. The van der Waals surface area contributed by atoms with Crippen LogP contribution in [0.3, 0.4) is 0 Å². The molecule has 0 radical (unpaired) electrons. The van der Waals surface area contributed by atoms with Crippen LogP contribution in [0.5, 0.6) is 0 Å². The highest BCUT2D eigenvalue weighted by Crippen LogP contribution is 2.02. The molecule has 0 spiro atoms. The van der Waals surface area contributed by atoms with Crippen LogP contribution < -0.4 is 5.32 Å². The first-order valence-electron chi connectivity index (χ1n) is 4.96. The number of carbonyl (C=O) groups is 2. The standard InChI is InChI=1S/C10H12ClN3O3/c1-17-9(15)3-2-4-13-10(16)7-5-12-6-8(11)14-7/h5-6H,2-4H2,1H3,(H,13,16). The van der Waals surface area contributed by atoms with Crippen molar-refractivity contribution in [1.29, 1.82) is 0 Å². The molecule has 0 fully saturated rings. The second-order valence-electron chi connectivity index (χ2n) is 3.16. The maximum Gasteiger partial charge on any atom is 0.305 e. The van der Waals surface area contributed by atoms with Crippen LogP contribution in [-0.4, -0.2) is 35.5 Å². The molecule has 1 N–H and O–H groups in total. The van der Waals surface area contributed by atoms with Gasteiger partial charge in [-0.05, 0) is 6.42 Å². The normalized spacial score (nSPS) is 9.76. The van der Waals surface area contributed by atoms with Gasteiger partial charge in [0.25, 0.3) is 5.91 Å². The summed E-state index contributed by atoms with van der Waals surface area (Å²) in [5.41, 5.74) is 0.149. The van der Waals surface area contributed by atoms with Gasteiger partial charge >= 0.3 is 5.97 Å². The van der Waals surface area contributed by atoms with E-state index in [0.29, 0.717) is 13.0 Å². The zero-order chi connectivity index (χ0) is 12.7. The van der Waals surface area contributed by atoms with Crippen molar-refractivity contribution in [2.24, 2.45) is 0 Å². The third kappa shape index (κ3) is 4.78. The lowest BCUT2D eigenvalue weighted by atomic mass is 10.3. The highest BCUT2D eigenvalue weighted by atomic mass is 35.5. The lowest BCUT2D eigenvalue weighted by molar-refractivity contribution is -0.140. The van der Waals surface area contributed by atoms with Crippen molar-refractivity contribution in [3.63, 3.8) is 0 Å². The number of hydrogen-bond donors (Lipinski definition) is 1. The van der Waals surface area contributed by atoms with Crippen molar-refractivity contribution in [2.45, 2.75) is 12.8 Å². The average Bonchev–Trinajstić information content (AvgIpc) is 2.34. The zero-order valence-electron chi connectivity index (χ0n) is 9.27. The maximum atomic E-state index is 11.5. The third-order valence-corrected chi connectivity index (χ3v) is 2.09. The van der Waals surface area contributed by atoms with E-state index >= 15 is 0 Å². The summed E-state index contributed by atoms with van der Waals surface area (Å²) in [6.07, 6.45) is 3.43. The average molecular weight is 258 g/mol. The van der Waals surface area contributed by atoms with Gasteiger partial charge in [-0.2, -0.15) is 0 Å². The minimum absolute atomic E-state index is 0.149. The first-order valence-corrected chi connectivity index (χ1v) is 5.34. The Balaban J connectivity index is 2.33. The quantitative estimate of drug-likeness (QED) is 0.624. The van der Waals surface area contributed by atoms with Gasteiger partial charge in [0.05, 0.1) is 19.5 Å². The number of esters is 1. The Morgan fingerprint density at radius 1 is 1.47 bits per heavy atom. The second-order valence-corrected chi connectivity index (χ2v) is 3.55. The molecule has 6 nitrogen and oxygen atoms in total. The summed E-state index contributed by atoms with van der Waals surface area (Å²) >= 11 is 5.60. The molecule has 1 aromatic rings. The van der Waals surface area contributed by atoms with E-state index in [1.165, 1.54) is 19.5 Å². The molecular formula is C10H12ClN3O3. The van der Waals surface area contributed by atoms with Gasteiger partial charge in [-0.25, -0.2) is 4.98 Å². The van der Waals surface area contributed by atoms with Gasteiger partial charge in [0.1, 0.15) is 10.8 Å². The minimum atomic E-state index is -0.370. The van der Waals surface area contributed by atoms with Crippen LogP contribution in [-0.2, 0) is 9.53 Å². The van der Waals surface area contributed by atoms with Crippen LogP contribution >= 0.6 is 11.6 Å². The topological polar surface area (TPSA) is 81.2 Å². The molecule has 0 aliphatic heterocycles. The number of hydrogen-bond acceptors (Lipinski definition) is 5. The van der Waals surface area contributed by atoms with Crippen LogP contribution in [0.4, 0.5) is 0 Å². The van der Waals surface area contributed by atoms with Gasteiger partial charge in [0, 0.05) is 13.0 Å². The highest BCUT2D eigenvalue weighted by Gasteiger charge is 2.08. The monoisotopic (exact) mass is 257 g/mol. The summed E-state index contributed by atoms with van der Waals surface area (Å²) in [6, 6.07) is 0. The van der Waals surface area contributed by atoms with E-state index in [1.807, 2.05) is 0 Å². The summed E-state index contributed by atoms with van der Waals surface area (Å²) < 4.78 is 4.47. The highest BCUT2D eigenvalue weighted by molar-refractivity contribution is 6.29. The molecule has 0 aromatic carbocycles. The molecule has 1 aromatic heterocycles. The Morgan fingerprint density at radius 2 is 2.24 bits per heavy atom. The van der Waals surface area contributed by atoms with E-state index < -0.39 is 0 Å². The molecular weight excluding hydrogens is 246 g/mol. The lowest BCUT2D eigenvalue weighted by Gasteiger charge is -2.03. The fourth-order valence-electron chi connectivity index (χ4n) is 1.08. The number of nitrogens with zero attached hydrogens (tertiary/aromatic N) is 2. The SMILES string of the molecule is COC(=O)CCCNC(=O)c1cncc(Cl)n1.